The molecule has 0 aromatic carbocycles. The lowest BCUT2D eigenvalue weighted by Crippen LogP contribution is -2.08. The molecule has 0 aromatic heterocycles. The zero-order valence-corrected chi connectivity index (χ0v) is 12.0. The fraction of sp³-hybridized carbons (Fsp3) is 0.750. The van der Waals surface area contributed by atoms with Gasteiger partial charge in [0.2, 0.25) is 0 Å². The van der Waals surface area contributed by atoms with E-state index in [1.165, 1.54) is 36.8 Å². The number of allylic oxidation sites excluding steroid dienone is 2. The fourth-order valence-corrected chi connectivity index (χ4v) is 2.83. The van der Waals surface area contributed by atoms with Crippen LogP contribution in [0.2, 0.25) is 0 Å². The summed E-state index contributed by atoms with van der Waals surface area (Å²) >= 11 is 0. The van der Waals surface area contributed by atoms with Crippen LogP contribution in [0.4, 0.5) is 0 Å². The molecule has 0 heterocycles. The van der Waals surface area contributed by atoms with Gasteiger partial charge in [0.25, 0.3) is 0 Å². The van der Waals surface area contributed by atoms with E-state index in [1.807, 2.05) is 0 Å². The van der Waals surface area contributed by atoms with Gasteiger partial charge in [-0.05, 0) is 57.3 Å². The third-order valence-corrected chi connectivity index (χ3v) is 3.00. The van der Waals surface area contributed by atoms with Crippen LogP contribution in [0, 0.1) is 17.8 Å². The SMILES string of the molecule is C=C(C)CC(C)CC(C)CC(C)CC(=C)C. The van der Waals surface area contributed by atoms with Crippen molar-refractivity contribution in [2.24, 2.45) is 17.8 Å². The van der Waals surface area contributed by atoms with Gasteiger partial charge in [-0.3, -0.25) is 0 Å². The van der Waals surface area contributed by atoms with Crippen LogP contribution in [0.25, 0.3) is 0 Å². The van der Waals surface area contributed by atoms with Crippen molar-refractivity contribution >= 4 is 0 Å². The Kier molecular flexibility index (Phi) is 7.45. The van der Waals surface area contributed by atoms with Crippen molar-refractivity contribution < 1.29 is 0 Å². The molecule has 0 nitrogen and oxygen atoms in total. The van der Waals surface area contributed by atoms with E-state index in [2.05, 4.69) is 47.8 Å². The molecule has 0 fully saturated rings. The normalized spacial score (nSPS) is 16.6. The van der Waals surface area contributed by atoms with E-state index in [0.717, 1.165) is 17.8 Å². The Morgan fingerprint density at radius 2 is 1.06 bits per heavy atom. The molecule has 0 bridgehead atoms. The van der Waals surface area contributed by atoms with Gasteiger partial charge in [-0.2, -0.15) is 0 Å². The minimum atomic E-state index is 0.782. The molecule has 0 saturated carbocycles. The van der Waals surface area contributed by atoms with Gasteiger partial charge in [-0.25, -0.2) is 0 Å². The number of hydrogen-bond acceptors (Lipinski definition) is 0. The lowest BCUT2D eigenvalue weighted by Gasteiger charge is -2.20. The van der Waals surface area contributed by atoms with Crippen LogP contribution in [0.5, 0.6) is 0 Å². The average molecular weight is 222 g/mol. The molecule has 0 spiro atoms. The molecular formula is C16H30. The Bertz CT molecular complexity index is 200. The average Bonchev–Trinajstić information content (AvgIpc) is 1.97. The van der Waals surface area contributed by atoms with Gasteiger partial charge in [0.1, 0.15) is 0 Å². The Labute approximate surface area is 103 Å². The Balaban J connectivity index is 3.84. The summed E-state index contributed by atoms with van der Waals surface area (Å²) < 4.78 is 0. The maximum Gasteiger partial charge on any atom is -0.0300 e. The summed E-state index contributed by atoms with van der Waals surface area (Å²) in [5, 5.41) is 0. The predicted octanol–water partition coefficient (Wildman–Crippen LogP) is 5.61. The molecule has 0 amide bonds. The summed E-state index contributed by atoms with van der Waals surface area (Å²) in [7, 11) is 0. The van der Waals surface area contributed by atoms with E-state index in [1.54, 1.807) is 0 Å². The first-order chi connectivity index (χ1) is 7.31. The van der Waals surface area contributed by atoms with Gasteiger partial charge in [0.15, 0.2) is 0 Å². The van der Waals surface area contributed by atoms with Gasteiger partial charge in [-0.15, -0.1) is 13.2 Å². The lowest BCUT2D eigenvalue weighted by atomic mass is 9.85. The van der Waals surface area contributed by atoms with Crippen molar-refractivity contribution in [3.63, 3.8) is 0 Å². The minimum absolute atomic E-state index is 0.782. The van der Waals surface area contributed by atoms with Gasteiger partial charge in [0, 0.05) is 0 Å². The van der Waals surface area contributed by atoms with E-state index in [0.29, 0.717) is 0 Å². The standard InChI is InChI=1S/C16H30/c1-12(2)8-14(5)10-16(7)11-15(6)9-13(3)4/h14-16H,1,3,8-11H2,2,4-7H3. The summed E-state index contributed by atoms with van der Waals surface area (Å²) in [5.74, 6) is 2.39. The van der Waals surface area contributed by atoms with Crippen LogP contribution in [0.3, 0.4) is 0 Å². The second-order valence-corrected chi connectivity index (χ2v) is 6.11. The molecule has 2 unspecified atom stereocenters. The van der Waals surface area contributed by atoms with E-state index in [4.69, 9.17) is 0 Å². The Morgan fingerprint density at radius 3 is 1.31 bits per heavy atom. The summed E-state index contributed by atoms with van der Waals surface area (Å²) in [5.41, 5.74) is 2.63. The quantitative estimate of drug-likeness (QED) is 0.468. The smallest absolute Gasteiger partial charge is 0.0300 e. The largest absolute Gasteiger partial charge is 0.100 e. The number of hydrogen-bond donors (Lipinski definition) is 0. The molecule has 16 heavy (non-hydrogen) atoms. The predicted molar refractivity (Wildman–Crippen MR) is 75.6 cm³/mol. The van der Waals surface area contributed by atoms with Gasteiger partial charge >= 0.3 is 0 Å². The van der Waals surface area contributed by atoms with Gasteiger partial charge < -0.3 is 0 Å². The highest BCUT2D eigenvalue weighted by Gasteiger charge is 2.12. The van der Waals surface area contributed by atoms with Crippen molar-refractivity contribution in [1.82, 2.24) is 0 Å². The van der Waals surface area contributed by atoms with Crippen molar-refractivity contribution in [3.05, 3.63) is 24.3 Å². The van der Waals surface area contributed by atoms with Crippen LogP contribution < -0.4 is 0 Å². The molecule has 0 aliphatic rings. The molecular weight excluding hydrogens is 192 g/mol. The second-order valence-electron chi connectivity index (χ2n) is 6.11. The van der Waals surface area contributed by atoms with Crippen LogP contribution in [0.1, 0.15) is 60.3 Å². The highest BCUT2D eigenvalue weighted by atomic mass is 14.2. The van der Waals surface area contributed by atoms with Crippen molar-refractivity contribution in [3.8, 4) is 0 Å². The van der Waals surface area contributed by atoms with Crippen LogP contribution in [-0.2, 0) is 0 Å². The first-order valence-electron chi connectivity index (χ1n) is 6.60. The maximum absolute atomic E-state index is 3.99. The van der Waals surface area contributed by atoms with Crippen LogP contribution in [-0.4, -0.2) is 0 Å². The summed E-state index contributed by atoms with van der Waals surface area (Å²) in [6, 6.07) is 0. The van der Waals surface area contributed by atoms with Crippen molar-refractivity contribution in [1.29, 1.82) is 0 Å². The van der Waals surface area contributed by atoms with E-state index >= 15 is 0 Å². The van der Waals surface area contributed by atoms with Crippen molar-refractivity contribution in [2.45, 2.75) is 60.3 Å². The maximum atomic E-state index is 3.99. The number of rotatable bonds is 8. The first kappa shape index (κ1) is 15.5. The summed E-state index contributed by atoms with van der Waals surface area (Å²) in [6.07, 6.45) is 5.01. The second kappa shape index (κ2) is 7.70. The van der Waals surface area contributed by atoms with E-state index < -0.39 is 0 Å². The van der Waals surface area contributed by atoms with E-state index in [-0.39, 0.29) is 0 Å². The molecule has 0 heteroatoms. The van der Waals surface area contributed by atoms with Crippen LogP contribution >= 0.6 is 0 Å². The Morgan fingerprint density at radius 1 is 0.750 bits per heavy atom. The molecule has 0 N–H and O–H groups in total. The van der Waals surface area contributed by atoms with E-state index in [9.17, 15) is 0 Å². The molecule has 0 aliphatic carbocycles. The highest BCUT2D eigenvalue weighted by molar-refractivity contribution is 4.91. The van der Waals surface area contributed by atoms with Gasteiger partial charge in [-0.1, -0.05) is 31.9 Å². The lowest BCUT2D eigenvalue weighted by molar-refractivity contribution is 0.341. The molecule has 2 atom stereocenters. The molecule has 0 aromatic rings. The molecule has 0 saturated heterocycles. The molecule has 0 aliphatic heterocycles. The topological polar surface area (TPSA) is 0 Å². The van der Waals surface area contributed by atoms with Gasteiger partial charge in [0.05, 0.1) is 0 Å². The van der Waals surface area contributed by atoms with Crippen molar-refractivity contribution in [2.75, 3.05) is 0 Å². The molecule has 0 radical (unpaired) electrons. The van der Waals surface area contributed by atoms with Crippen LogP contribution in [0.15, 0.2) is 24.3 Å². The highest BCUT2D eigenvalue weighted by Crippen LogP contribution is 2.25. The summed E-state index contributed by atoms with van der Waals surface area (Å²) in [6.45, 7) is 19.3. The Hall–Kier alpha value is -0.520. The third-order valence-electron chi connectivity index (χ3n) is 3.00. The first-order valence-corrected chi connectivity index (χ1v) is 6.60. The molecule has 0 rings (SSSR count). The zero-order valence-electron chi connectivity index (χ0n) is 12.0. The third kappa shape index (κ3) is 8.76. The minimum Gasteiger partial charge on any atom is -0.100 e. The zero-order chi connectivity index (χ0) is 12.7. The fourth-order valence-electron chi connectivity index (χ4n) is 2.83. The monoisotopic (exact) mass is 222 g/mol. The molecule has 94 valence electrons. The summed E-state index contributed by atoms with van der Waals surface area (Å²) in [4.78, 5) is 0.